The van der Waals surface area contributed by atoms with Crippen molar-refractivity contribution in [3.63, 3.8) is 0 Å². The molecule has 7 nitrogen and oxygen atoms in total. The molecule has 1 aromatic heterocycles. The van der Waals surface area contributed by atoms with Crippen LogP contribution in [-0.4, -0.2) is 51.9 Å². The minimum absolute atomic E-state index is 0.539. The Morgan fingerprint density at radius 3 is 2.93 bits per heavy atom. The fourth-order valence-electron chi connectivity index (χ4n) is 3.32. The average molecular weight is 371 g/mol. The summed E-state index contributed by atoms with van der Waals surface area (Å²) in [7, 11) is 0. The number of benzene rings is 1. The standard InChI is InChI=1S/C20H30N6O/c1-3-21-20(22-12-19-24-23-16-25(19)4-2)26-11-10-18(13-26)15-27-14-17-8-6-5-7-9-17/h5-9,16,18H,3-4,10-15H2,1-2H3,(H,21,22). The van der Waals surface area contributed by atoms with Crippen LogP contribution in [0.4, 0.5) is 0 Å². The second-order valence-corrected chi connectivity index (χ2v) is 6.80. The molecule has 0 spiro atoms. The molecule has 1 aromatic carbocycles. The highest BCUT2D eigenvalue weighted by Crippen LogP contribution is 2.17. The Hall–Kier alpha value is -2.41. The molecule has 0 radical (unpaired) electrons. The quantitative estimate of drug-likeness (QED) is 0.570. The van der Waals surface area contributed by atoms with Crippen LogP contribution in [0, 0.1) is 5.92 Å². The molecule has 27 heavy (non-hydrogen) atoms. The SMILES string of the molecule is CCNC(=NCc1nncn1CC)N1CCC(COCc2ccccc2)C1. The van der Waals surface area contributed by atoms with Crippen molar-refractivity contribution in [1.29, 1.82) is 0 Å². The van der Waals surface area contributed by atoms with Crippen LogP contribution in [0.15, 0.2) is 41.7 Å². The van der Waals surface area contributed by atoms with Crippen LogP contribution in [0.25, 0.3) is 0 Å². The number of guanidine groups is 1. The summed E-state index contributed by atoms with van der Waals surface area (Å²) in [6, 6.07) is 10.3. The van der Waals surface area contributed by atoms with Crippen molar-refractivity contribution in [2.75, 3.05) is 26.2 Å². The fourth-order valence-corrected chi connectivity index (χ4v) is 3.32. The van der Waals surface area contributed by atoms with Gasteiger partial charge in [0.2, 0.25) is 0 Å². The number of hydrogen-bond acceptors (Lipinski definition) is 4. The molecule has 0 bridgehead atoms. The number of nitrogens with one attached hydrogen (secondary N) is 1. The summed E-state index contributed by atoms with van der Waals surface area (Å²) in [5.41, 5.74) is 1.22. The number of ether oxygens (including phenoxy) is 1. The monoisotopic (exact) mass is 370 g/mol. The number of rotatable bonds is 8. The Morgan fingerprint density at radius 1 is 1.30 bits per heavy atom. The van der Waals surface area contributed by atoms with Crippen molar-refractivity contribution in [2.45, 2.75) is 40.0 Å². The van der Waals surface area contributed by atoms with Gasteiger partial charge in [-0.15, -0.1) is 10.2 Å². The molecule has 0 amide bonds. The Labute approximate surface area is 161 Å². The zero-order valence-corrected chi connectivity index (χ0v) is 16.3. The van der Waals surface area contributed by atoms with E-state index in [1.807, 2.05) is 10.6 Å². The highest BCUT2D eigenvalue weighted by molar-refractivity contribution is 5.80. The predicted octanol–water partition coefficient (Wildman–Crippen LogP) is 2.30. The molecule has 1 atom stereocenters. The first-order valence-corrected chi connectivity index (χ1v) is 9.81. The van der Waals surface area contributed by atoms with E-state index >= 15 is 0 Å². The zero-order chi connectivity index (χ0) is 18.9. The van der Waals surface area contributed by atoms with Crippen LogP contribution >= 0.6 is 0 Å². The van der Waals surface area contributed by atoms with Gasteiger partial charge in [-0.1, -0.05) is 30.3 Å². The van der Waals surface area contributed by atoms with Crippen LogP contribution < -0.4 is 5.32 Å². The van der Waals surface area contributed by atoms with Crippen molar-refractivity contribution >= 4 is 5.96 Å². The second kappa shape index (κ2) is 10.1. The molecule has 1 N–H and O–H groups in total. The van der Waals surface area contributed by atoms with Crippen molar-refractivity contribution in [3.05, 3.63) is 48.0 Å². The minimum atomic E-state index is 0.539. The third kappa shape index (κ3) is 5.53. The smallest absolute Gasteiger partial charge is 0.194 e. The Bertz CT molecular complexity index is 714. The van der Waals surface area contributed by atoms with Crippen LogP contribution in [0.2, 0.25) is 0 Å². The maximum atomic E-state index is 5.93. The van der Waals surface area contributed by atoms with E-state index in [1.165, 1.54) is 5.56 Å². The number of hydrogen-bond donors (Lipinski definition) is 1. The lowest BCUT2D eigenvalue weighted by molar-refractivity contribution is 0.0906. The molecule has 1 fully saturated rings. The van der Waals surface area contributed by atoms with E-state index in [2.05, 4.69) is 58.5 Å². The van der Waals surface area contributed by atoms with E-state index in [1.54, 1.807) is 6.33 Å². The predicted molar refractivity (Wildman–Crippen MR) is 106 cm³/mol. The fraction of sp³-hybridized carbons (Fsp3) is 0.550. The number of likely N-dealkylation sites (tertiary alicyclic amines) is 1. The Balaban J connectivity index is 1.50. The number of aliphatic imine (C=N–C) groups is 1. The summed E-state index contributed by atoms with van der Waals surface area (Å²) in [5, 5.41) is 11.6. The molecule has 146 valence electrons. The topological polar surface area (TPSA) is 67.6 Å². The molecule has 1 unspecified atom stereocenters. The van der Waals surface area contributed by atoms with E-state index in [0.717, 1.165) is 51.0 Å². The van der Waals surface area contributed by atoms with E-state index in [9.17, 15) is 0 Å². The molecule has 1 saturated heterocycles. The van der Waals surface area contributed by atoms with Gasteiger partial charge in [0.25, 0.3) is 0 Å². The number of aryl methyl sites for hydroxylation is 1. The maximum absolute atomic E-state index is 5.93. The van der Waals surface area contributed by atoms with Crippen molar-refractivity contribution in [1.82, 2.24) is 25.0 Å². The second-order valence-electron chi connectivity index (χ2n) is 6.80. The van der Waals surface area contributed by atoms with Crippen molar-refractivity contribution < 1.29 is 4.74 Å². The molecule has 0 aliphatic carbocycles. The van der Waals surface area contributed by atoms with Crippen molar-refractivity contribution in [3.8, 4) is 0 Å². The van der Waals surface area contributed by atoms with Crippen molar-refractivity contribution in [2.24, 2.45) is 10.9 Å². The average Bonchev–Trinajstić information content (AvgIpc) is 3.35. The van der Waals surface area contributed by atoms with Gasteiger partial charge in [-0.3, -0.25) is 0 Å². The third-order valence-corrected chi connectivity index (χ3v) is 4.79. The Morgan fingerprint density at radius 2 is 2.15 bits per heavy atom. The van der Waals surface area contributed by atoms with Crippen LogP contribution in [-0.2, 0) is 24.4 Å². The summed E-state index contributed by atoms with van der Waals surface area (Å²) in [4.78, 5) is 7.10. The van der Waals surface area contributed by atoms with Gasteiger partial charge in [-0.2, -0.15) is 0 Å². The van der Waals surface area contributed by atoms with Gasteiger partial charge in [-0.05, 0) is 25.8 Å². The van der Waals surface area contributed by atoms with Gasteiger partial charge in [0.15, 0.2) is 11.8 Å². The molecular weight excluding hydrogens is 340 g/mol. The van der Waals surface area contributed by atoms with Gasteiger partial charge in [0, 0.05) is 32.1 Å². The summed E-state index contributed by atoms with van der Waals surface area (Å²) in [5.74, 6) is 2.39. The first-order chi connectivity index (χ1) is 13.3. The number of aromatic nitrogens is 3. The first-order valence-electron chi connectivity index (χ1n) is 9.81. The molecule has 3 rings (SSSR count). The molecular formula is C20H30N6O. The van der Waals surface area contributed by atoms with Crippen LogP contribution in [0.5, 0.6) is 0 Å². The molecule has 1 aliphatic rings. The van der Waals surface area contributed by atoms with E-state index < -0.39 is 0 Å². The summed E-state index contributed by atoms with van der Waals surface area (Å²) in [6.45, 7) is 9.88. The lowest BCUT2D eigenvalue weighted by atomic mass is 10.1. The summed E-state index contributed by atoms with van der Waals surface area (Å²) >= 11 is 0. The summed E-state index contributed by atoms with van der Waals surface area (Å²) < 4.78 is 7.96. The van der Waals surface area contributed by atoms with Crippen LogP contribution in [0.1, 0.15) is 31.7 Å². The van der Waals surface area contributed by atoms with Crippen LogP contribution in [0.3, 0.4) is 0 Å². The lowest BCUT2D eigenvalue weighted by Gasteiger charge is -2.21. The molecule has 2 aromatic rings. The third-order valence-electron chi connectivity index (χ3n) is 4.79. The van der Waals surface area contributed by atoms with Gasteiger partial charge in [0.1, 0.15) is 12.9 Å². The van der Waals surface area contributed by atoms with E-state index in [0.29, 0.717) is 19.1 Å². The van der Waals surface area contributed by atoms with Gasteiger partial charge in [-0.25, -0.2) is 4.99 Å². The van der Waals surface area contributed by atoms with Gasteiger partial charge >= 0.3 is 0 Å². The van der Waals surface area contributed by atoms with E-state index in [4.69, 9.17) is 9.73 Å². The van der Waals surface area contributed by atoms with Gasteiger partial charge < -0.3 is 19.5 Å². The maximum Gasteiger partial charge on any atom is 0.194 e. The highest BCUT2D eigenvalue weighted by Gasteiger charge is 2.25. The largest absolute Gasteiger partial charge is 0.376 e. The first kappa shape index (κ1) is 19.4. The van der Waals surface area contributed by atoms with Gasteiger partial charge in [0.05, 0.1) is 13.2 Å². The van der Waals surface area contributed by atoms with E-state index in [-0.39, 0.29) is 0 Å². The number of nitrogens with zero attached hydrogens (tertiary/aromatic N) is 5. The minimum Gasteiger partial charge on any atom is -0.376 e. The Kier molecular flexibility index (Phi) is 7.21. The highest BCUT2D eigenvalue weighted by atomic mass is 16.5. The lowest BCUT2D eigenvalue weighted by Crippen LogP contribution is -2.40. The zero-order valence-electron chi connectivity index (χ0n) is 16.3. The molecule has 7 heteroatoms. The molecule has 1 aliphatic heterocycles. The molecule has 0 saturated carbocycles. The normalized spacial score (nSPS) is 17.5. The summed E-state index contributed by atoms with van der Waals surface area (Å²) in [6.07, 6.45) is 2.89. The molecule has 2 heterocycles.